The van der Waals surface area contributed by atoms with E-state index >= 15 is 0 Å². The van der Waals surface area contributed by atoms with Crippen LogP contribution in [0.4, 0.5) is 5.69 Å². The molecule has 0 radical (unpaired) electrons. The molecule has 1 amide bonds. The zero-order chi connectivity index (χ0) is 14.8. The van der Waals surface area contributed by atoms with Crippen LogP contribution in [-0.4, -0.2) is 35.1 Å². The number of benzene rings is 1. The van der Waals surface area contributed by atoms with E-state index < -0.39 is 0 Å². The molecule has 1 unspecified atom stereocenters. The summed E-state index contributed by atoms with van der Waals surface area (Å²) in [5.41, 5.74) is 6.78. The molecule has 1 aliphatic heterocycles. The number of aliphatic hydroxyl groups excluding tert-OH is 1. The van der Waals surface area contributed by atoms with Gasteiger partial charge in [0, 0.05) is 29.3 Å². The van der Waals surface area contributed by atoms with Crippen molar-refractivity contribution in [3.63, 3.8) is 0 Å². The first-order valence-corrected chi connectivity index (χ1v) is 8.23. The molecule has 1 saturated heterocycles. The number of hydrogen-bond acceptors (Lipinski definition) is 4. The highest BCUT2D eigenvalue weighted by atomic mass is 32.1. The summed E-state index contributed by atoms with van der Waals surface area (Å²) in [6, 6.07) is 8.12. The van der Waals surface area contributed by atoms with E-state index in [9.17, 15) is 4.79 Å². The Balaban J connectivity index is 1.87. The lowest BCUT2D eigenvalue weighted by Gasteiger charge is -2.24. The molecule has 112 valence electrons. The van der Waals surface area contributed by atoms with Crippen LogP contribution in [0.25, 0.3) is 10.1 Å². The molecule has 21 heavy (non-hydrogen) atoms. The molecule has 0 spiro atoms. The van der Waals surface area contributed by atoms with Gasteiger partial charge in [0.2, 0.25) is 0 Å². The molecule has 1 fully saturated rings. The lowest BCUT2D eigenvalue weighted by Crippen LogP contribution is -2.35. The average Bonchev–Trinajstić information content (AvgIpc) is 3.10. The smallest absolute Gasteiger partial charge is 0.266 e. The van der Waals surface area contributed by atoms with Crippen LogP contribution < -0.4 is 5.73 Å². The van der Waals surface area contributed by atoms with Crippen molar-refractivity contribution in [3.05, 3.63) is 29.1 Å². The van der Waals surface area contributed by atoms with E-state index in [0.717, 1.165) is 42.3 Å². The minimum absolute atomic E-state index is 0.0501. The van der Waals surface area contributed by atoms with Crippen molar-refractivity contribution in [2.45, 2.75) is 31.7 Å². The second-order valence-corrected chi connectivity index (χ2v) is 6.55. The third-order valence-electron chi connectivity index (χ3n) is 4.16. The number of nitrogens with zero attached hydrogens (tertiary/aromatic N) is 1. The Morgan fingerprint density at radius 3 is 3.00 bits per heavy atom. The second kappa shape index (κ2) is 6.03. The highest BCUT2D eigenvalue weighted by Crippen LogP contribution is 2.35. The Morgan fingerprint density at radius 2 is 2.24 bits per heavy atom. The van der Waals surface area contributed by atoms with Crippen LogP contribution in [-0.2, 0) is 0 Å². The van der Waals surface area contributed by atoms with Gasteiger partial charge in [0.15, 0.2) is 0 Å². The minimum Gasteiger partial charge on any atom is -0.397 e. The van der Waals surface area contributed by atoms with Crippen molar-refractivity contribution < 1.29 is 9.90 Å². The van der Waals surface area contributed by atoms with Crippen molar-refractivity contribution in [1.82, 2.24) is 4.90 Å². The maximum Gasteiger partial charge on any atom is 0.266 e. The first kappa shape index (κ1) is 14.4. The molecular formula is C16H20N2O2S. The third-order valence-corrected chi connectivity index (χ3v) is 5.34. The molecule has 2 aromatic rings. The van der Waals surface area contributed by atoms with E-state index in [1.165, 1.54) is 11.3 Å². The molecule has 1 atom stereocenters. The molecule has 4 nitrogen and oxygen atoms in total. The van der Waals surface area contributed by atoms with Crippen molar-refractivity contribution in [3.8, 4) is 0 Å². The quantitative estimate of drug-likeness (QED) is 0.912. The van der Waals surface area contributed by atoms with Gasteiger partial charge in [-0.05, 0) is 31.7 Å². The number of thiophene rings is 1. The predicted octanol–water partition coefficient (Wildman–Crippen LogP) is 2.86. The van der Waals surface area contributed by atoms with Crippen LogP contribution in [0.1, 0.15) is 35.4 Å². The number of likely N-dealkylation sites (tertiary alicyclic amines) is 1. The van der Waals surface area contributed by atoms with E-state index in [2.05, 4.69) is 0 Å². The summed E-state index contributed by atoms with van der Waals surface area (Å²) in [5, 5.41) is 9.96. The first-order valence-electron chi connectivity index (χ1n) is 7.41. The van der Waals surface area contributed by atoms with Gasteiger partial charge >= 0.3 is 0 Å². The van der Waals surface area contributed by atoms with Crippen LogP contribution in [0.3, 0.4) is 0 Å². The van der Waals surface area contributed by atoms with Gasteiger partial charge in [-0.3, -0.25) is 4.79 Å². The summed E-state index contributed by atoms with van der Waals surface area (Å²) in [6.07, 6.45) is 3.67. The molecule has 2 heterocycles. The standard InChI is InChI=1S/C16H20N2O2S/c17-14-12-7-1-2-8-13(12)21-15(14)16(20)18-9-3-5-11(18)6-4-10-19/h1-2,7-8,11,19H,3-6,9-10,17H2. The maximum atomic E-state index is 12.8. The fourth-order valence-electron chi connectivity index (χ4n) is 3.08. The molecule has 1 aromatic heterocycles. The van der Waals surface area contributed by atoms with Crippen LogP contribution in [0.2, 0.25) is 0 Å². The summed E-state index contributed by atoms with van der Waals surface area (Å²) in [4.78, 5) is 15.4. The number of nitrogens with two attached hydrogens (primary N) is 1. The van der Waals surface area contributed by atoms with Crippen molar-refractivity contribution in [1.29, 1.82) is 0 Å². The van der Waals surface area contributed by atoms with Crippen molar-refractivity contribution in [2.75, 3.05) is 18.9 Å². The predicted molar refractivity (Wildman–Crippen MR) is 86.6 cm³/mol. The highest BCUT2D eigenvalue weighted by Gasteiger charge is 2.31. The Kier molecular flexibility index (Phi) is 4.12. The van der Waals surface area contributed by atoms with Gasteiger partial charge in [0.05, 0.1) is 5.69 Å². The molecular weight excluding hydrogens is 284 g/mol. The number of hydrogen-bond donors (Lipinski definition) is 2. The van der Waals surface area contributed by atoms with Crippen molar-refractivity contribution >= 4 is 33.0 Å². The summed E-state index contributed by atoms with van der Waals surface area (Å²) >= 11 is 1.48. The lowest BCUT2D eigenvalue weighted by atomic mass is 10.1. The fourth-order valence-corrected chi connectivity index (χ4v) is 4.16. The number of carbonyl (C=O) groups excluding carboxylic acids is 1. The zero-order valence-corrected chi connectivity index (χ0v) is 12.7. The van der Waals surface area contributed by atoms with E-state index in [1.807, 2.05) is 29.2 Å². The monoisotopic (exact) mass is 304 g/mol. The van der Waals surface area contributed by atoms with Gasteiger partial charge in [0.1, 0.15) is 4.88 Å². The number of nitrogen functional groups attached to an aromatic ring is 1. The van der Waals surface area contributed by atoms with Gasteiger partial charge in [-0.15, -0.1) is 11.3 Å². The molecule has 3 rings (SSSR count). The van der Waals surface area contributed by atoms with Crippen molar-refractivity contribution in [2.24, 2.45) is 0 Å². The average molecular weight is 304 g/mol. The fraction of sp³-hybridized carbons (Fsp3) is 0.438. The minimum atomic E-state index is 0.0501. The topological polar surface area (TPSA) is 66.6 Å². The number of anilines is 1. The molecule has 0 saturated carbocycles. The Hall–Kier alpha value is -1.59. The molecule has 0 aliphatic carbocycles. The number of rotatable bonds is 4. The molecule has 3 N–H and O–H groups in total. The maximum absolute atomic E-state index is 12.8. The molecule has 5 heteroatoms. The zero-order valence-electron chi connectivity index (χ0n) is 11.9. The number of fused-ring (bicyclic) bond motifs is 1. The first-order chi connectivity index (χ1) is 10.2. The van der Waals surface area contributed by atoms with E-state index in [4.69, 9.17) is 10.8 Å². The van der Waals surface area contributed by atoms with Gasteiger partial charge in [-0.25, -0.2) is 0 Å². The summed E-state index contributed by atoms with van der Waals surface area (Å²) in [7, 11) is 0. The molecule has 1 aliphatic rings. The number of carbonyl (C=O) groups is 1. The summed E-state index contributed by atoms with van der Waals surface area (Å²) in [5.74, 6) is 0.0501. The molecule has 1 aromatic carbocycles. The van der Waals surface area contributed by atoms with Gasteiger partial charge in [0.25, 0.3) is 5.91 Å². The van der Waals surface area contributed by atoms with Gasteiger partial charge < -0.3 is 15.7 Å². The summed E-state index contributed by atoms with van der Waals surface area (Å²) in [6.45, 7) is 0.978. The lowest BCUT2D eigenvalue weighted by molar-refractivity contribution is 0.0730. The van der Waals surface area contributed by atoms with Crippen LogP contribution in [0.15, 0.2) is 24.3 Å². The van der Waals surface area contributed by atoms with E-state index in [0.29, 0.717) is 10.6 Å². The van der Waals surface area contributed by atoms with Crippen LogP contribution in [0, 0.1) is 0 Å². The molecule has 0 bridgehead atoms. The van der Waals surface area contributed by atoms with Crippen LogP contribution >= 0.6 is 11.3 Å². The van der Waals surface area contributed by atoms with E-state index in [-0.39, 0.29) is 18.6 Å². The van der Waals surface area contributed by atoms with Crippen LogP contribution in [0.5, 0.6) is 0 Å². The van der Waals surface area contributed by atoms with E-state index in [1.54, 1.807) is 0 Å². The van der Waals surface area contributed by atoms with Gasteiger partial charge in [-0.2, -0.15) is 0 Å². The Morgan fingerprint density at radius 1 is 1.43 bits per heavy atom. The Labute approximate surface area is 128 Å². The summed E-state index contributed by atoms with van der Waals surface area (Å²) < 4.78 is 1.06. The third kappa shape index (κ3) is 2.63. The second-order valence-electron chi connectivity index (χ2n) is 5.50. The Bertz CT molecular complexity index is 653. The number of aliphatic hydroxyl groups is 1. The largest absolute Gasteiger partial charge is 0.397 e. The number of amides is 1. The normalized spacial score (nSPS) is 18.5. The SMILES string of the molecule is Nc1c(C(=O)N2CCCC2CCCO)sc2ccccc12. The van der Waals surface area contributed by atoms with Gasteiger partial charge in [-0.1, -0.05) is 18.2 Å². The highest BCUT2D eigenvalue weighted by molar-refractivity contribution is 7.21.